The second-order valence-corrected chi connectivity index (χ2v) is 4.29. The summed E-state index contributed by atoms with van der Waals surface area (Å²) in [4.78, 5) is 26.3. The van der Waals surface area contributed by atoms with Gasteiger partial charge in [-0.1, -0.05) is 12.1 Å². The monoisotopic (exact) mass is 260 g/mol. The lowest BCUT2D eigenvalue weighted by molar-refractivity contribution is 0.0519. The molecule has 19 heavy (non-hydrogen) atoms. The van der Waals surface area contributed by atoms with Crippen molar-refractivity contribution in [2.24, 2.45) is 0 Å². The normalized spacial score (nSPS) is 10.5. The second kappa shape index (κ2) is 5.14. The molecule has 0 radical (unpaired) electrons. The molecule has 0 spiro atoms. The minimum Gasteiger partial charge on any atom is -0.461 e. The first kappa shape index (κ1) is 13.1. The van der Waals surface area contributed by atoms with Gasteiger partial charge in [0, 0.05) is 0 Å². The second-order valence-electron chi connectivity index (χ2n) is 4.29. The first-order chi connectivity index (χ1) is 9.04. The van der Waals surface area contributed by atoms with Gasteiger partial charge in [-0.05, 0) is 38.5 Å². The highest BCUT2D eigenvalue weighted by molar-refractivity contribution is 5.88. The fraction of sp³-hybridized carbons (Fsp3) is 0.286. The van der Waals surface area contributed by atoms with Gasteiger partial charge in [0.15, 0.2) is 0 Å². The molecule has 0 saturated heterocycles. The molecule has 2 aromatic rings. The van der Waals surface area contributed by atoms with Crippen LogP contribution in [0.3, 0.4) is 0 Å². The van der Waals surface area contributed by atoms with E-state index < -0.39 is 5.97 Å². The molecular weight excluding hydrogens is 244 g/mol. The minimum absolute atomic E-state index is 0.202. The van der Waals surface area contributed by atoms with Crippen LogP contribution >= 0.6 is 0 Å². The summed E-state index contributed by atoms with van der Waals surface area (Å²) in [5, 5.41) is 0. The van der Waals surface area contributed by atoms with Crippen LogP contribution in [0.4, 0.5) is 0 Å². The molecule has 100 valence electrons. The zero-order valence-electron chi connectivity index (χ0n) is 11.2. The number of nitrogens with one attached hydrogen (secondary N) is 1. The number of aromatic nitrogens is 2. The number of rotatable bonds is 3. The van der Waals surface area contributed by atoms with Crippen molar-refractivity contribution in [2.75, 3.05) is 6.61 Å². The SMILES string of the molecule is CCOC(=O)c1[nH]c(=O)n(-c2cccc(C)c2)c1C. The summed E-state index contributed by atoms with van der Waals surface area (Å²) in [7, 11) is 0. The molecule has 1 aromatic heterocycles. The van der Waals surface area contributed by atoms with E-state index in [1.807, 2.05) is 31.2 Å². The highest BCUT2D eigenvalue weighted by Crippen LogP contribution is 2.13. The van der Waals surface area contributed by atoms with Gasteiger partial charge < -0.3 is 4.74 Å². The molecular formula is C14H16N2O3. The fourth-order valence-electron chi connectivity index (χ4n) is 2.00. The number of esters is 1. The summed E-state index contributed by atoms with van der Waals surface area (Å²) >= 11 is 0. The Bertz CT molecular complexity index is 668. The Morgan fingerprint density at radius 1 is 1.37 bits per heavy atom. The number of aryl methyl sites for hydroxylation is 1. The molecule has 1 heterocycles. The zero-order valence-corrected chi connectivity index (χ0v) is 11.2. The van der Waals surface area contributed by atoms with E-state index >= 15 is 0 Å². The van der Waals surface area contributed by atoms with Gasteiger partial charge in [-0.15, -0.1) is 0 Å². The molecule has 5 heteroatoms. The van der Waals surface area contributed by atoms with E-state index in [1.165, 1.54) is 4.57 Å². The molecule has 1 aromatic carbocycles. The van der Waals surface area contributed by atoms with E-state index in [0.717, 1.165) is 11.3 Å². The van der Waals surface area contributed by atoms with Crippen molar-refractivity contribution in [1.82, 2.24) is 9.55 Å². The molecule has 0 unspecified atom stereocenters. The van der Waals surface area contributed by atoms with Crippen molar-refractivity contribution in [3.05, 3.63) is 51.7 Å². The average Bonchev–Trinajstić information content (AvgIpc) is 2.65. The van der Waals surface area contributed by atoms with Crippen molar-refractivity contribution in [3.63, 3.8) is 0 Å². The number of H-pyrrole nitrogens is 1. The summed E-state index contributed by atoms with van der Waals surface area (Å²) in [6.45, 7) is 5.66. The molecule has 0 atom stereocenters. The number of aromatic amines is 1. The Morgan fingerprint density at radius 3 is 2.74 bits per heavy atom. The standard InChI is InChI=1S/C14H16N2O3/c1-4-19-13(17)12-10(3)16(14(18)15-12)11-7-5-6-9(2)8-11/h5-8H,4H2,1-3H3,(H,15,18). The van der Waals surface area contributed by atoms with E-state index in [-0.39, 0.29) is 18.0 Å². The molecule has 0 aliphatic rings. The molecule has 0 aliphatic carbocycles. The van der Waals surface area contributed by atoms with Crippen LogP contribution in [0.2, 0.25) is 0 Å². The van der Waals surface area contributed by atoms with Crippen LogP contribution in [-0.2, 0) is 4.74 Å². The topological polar surface area (TPSA) is 64.1 Å². The average molecular weight is 260 g/mol. The van der Waals surface area contributed by atoms with Gasteiger partial charge in [-0.2, -0.15) is 0 Å². The van der Waals surface area contributed by atoms with Gasteiger partial charge in [-0.25, -0.2) is 9.59 Å². The number of ether oxygens (including phenoxy) is 1. The Morgan fingerprint density at radius 2 is 2.11 bits per heavy atom. The van der Waals surface area contributed by atoms with Gasteiger partial charge in [0.05, 0.1) is 18.0 Å². The lowest BCUT2D eigenvalue weighted by Crippen LogP contribution is -2.15. The van der Waals surface area contributed by atoms with Gasteiger partial charge in [0.2, 0.25) is 0 Å². The van der Waals surface area contributed by atoms with Crippen LogP contribution in [-0.4, -0.2) is 22.1 Å². The predicted octanol–water partition coefficient (Wildman–Crippen LogP) is 1.96. The van der Waals surface area contributed by atoms with Crippen molar-refractivity contribution in [1.29, 1.82) is 0 Å². The Labute approximate surface area is 110 Å². The summed E-state index contributed by atoms with van der Waals surface area (Å²) in [6, 6.07) is 7.53. The first-order valence-corrected chi connectivity index (χ1v) is 6.10. The van der Waals surface area contributed by atoms with Crippen LogP contribution in [0.1, 0.15) is 28.7 Å². The largest absolute Gasteiger partial charge is 0.461 e. The third kappa shape index (κ3) is 2.45. The number of imidazole rings is 1. The molecule has 0 bridgehead atoms. The molecule has 1 N–H and O–H groups in total. The maximum atomic E-state index is 12.0. The van der Waals surface area contributed by atoms with Crippen LogP contribution in [0.25, 0.3) is 5.69 Å². The Balaban J connectivity index is 2.54. The van der Waals surface area contributed by atoms with Crippen LogP contribution < -0.4 is 5.69 Å². The van der Waals surface area contributed by atoms with E-state index in [1.54, 1.807) is 13.8 Å². The highest BCUT2D eigenvalue weighted by Gasteiger charge is 2.18. The molecule has 0 amide bonds. The summed E-state index contributed by atoms with van der Waals surface area (Å²) in [6.07, 6.45) is 0. The highest BCUT2D eigenvalue weighted by atomic mass is 16.5. The number of hydrogen-bond acceptors (Lipinski definition) is 3. The van der Waals surface area contributed by atoms with E-state index in [4.69, 9.17) is 4.74 Å². The lowest BCUT2D eigenvalue weighted by Gasteiger charge is -2.06. The number of nitrogens with zero attached hydrogens (tertiary/aromatic N) is 1. The molecule has 2 rings (SSSR count). The molecule has 0 saturated carbocycles. The molecule has 0 aliphatic heterocycles. The maximum Gasteiger partial charge on any atom is 0.356 e. The number of carbonyl (C=O) groups is 1. The third-order valence-corrected chi connectivity index (χ3v) is 2.87. The van der Waals surface area contributed by atoms with Gasteiger partial charge in [0.1, 0.15) is 5.69 Å². The van der Waals surface area contributed by atoms with Gasteiger partial charge in [-0.3, -0.25) is 9.55 Å². The van der Waals surface area contributed by atoms with Gasteiger partial charge >= 0.3 is 11.7 Å². The lowest BCUT2D eigenvalue weighted by atomic mass is 10.2. The van der Waals surface area contributed by atoms with Crippen LogP contribution in [0, 0.1) is 13.8 Å². The van der Waals surface area contributed by atoms with Crippen LogP contribution in [0.15, 0.2) is 29.1 Å². The van der Waals surface area contributed by atoms with Crippen molar-refractivity contribution in [3.8, 4) is 5.69 Å². The first-order valence-electron chi connectivity index (χ1n) is 6.10. The number of benzene rings is 1. The van der Waals surface area contributed by atoms with Crippen LogP contribution in [0.5, 0.6) is 0 Å². The minimum atomic E-state index is -0.511. The third-order valence-electron chi connectivity index (χ3n) is 2.87. The van der Waals surface area contributed by atoms with E-state index in [0.29, 0.717) is 5.69 Å². The van der Waals surface area contributed by atoms with Gasteiger partial charge in [0.25, 0.3) is 0 Å². The number of hydrogen-bond donors (Lipinski definition) is 1. The van der Waals surface area contributed by atoms with E-state index in [2.05, 4.69) is 4.98 Å². The zero-order chi connectivity index (χ0) is 14.0. The van der Waals surface area contributed by atoms with E-state index in [9.17, 15) is 9.59 Å². The maximum absolute atomic E-state index is 12.0. The van der Waals surface area contributed by atoms with Crippen molar-refractivity contribution < 1.29 is 9.53 Å². The summed E-state index contributed by atoms with van der Waals surface area (Å²) in [5.41, 5.74) is 2.19. The fourth-order valence-corrected chi connectivity index (χ4v) is 2.00. The quantitative estimate of drug-likeness (QED) is 0.858. The summed E-state index contributed by atoms with van der Waals surface area (Å²) in [5.74, 6) is -0.511. The smallest absolute Gasteiger partial charge is 0.356 e. The number of carbonyl (C=O) groups excluding carboxylic acids is 1. The van der Waals surface area contributed by atoms with Crippen molar-refractivity contribution >= 4 is 5.97 Å². The Kier molecular flexibility index (Phi) is 3.55. The summed E-state index contributed by atoms with van der Waals surface area (Å²) < 4.78 is 6.39. The van der Waals surface area contributed by atoms with Crippen molar-refractivity contribution in [2.45, 2.75) is 20.8 Å². The Hall–Kier alpha value is -2.30. The molecule has 5 nitrogen and oxygen atoms in total. The predicted molar refractivity (Wildman–Crippen MR) is 71.8 cm³/mol. The molecule has 0 fully saturated rings.